The second-order valence-corrected chi connectivity index (χ2v) is 4.15. The van der Waals surface area contributed by atoms with Crippen molar-refractivity contribution in [3.8, 4) is 0 Å². The predicted molar refractivity (Wildman–Crippen MR) is 65.7 cm³/mol. The Morgan fingerprint density at radius 2 is 1.81 bits per heavy atom. The van der Waals surface area contributed by atoms with Gasteiger partial charge in [0.2, 0.25) is 0 Å². The maximum absolute atomic E-state index is 6.12. The van der Waals surface area contributed by atoms with Gasteiger partial charge in [0.15, 0.2) is 0 Å². The molecule has 16 heavy (non-hydrogen) atoms. The lowest BCUT2D eigenvalue weighted by Gasteiger charge is -2.15. The van der Waals surface area contributed by atoms with Crippen LogP contribution in [-0.2, 0) is 0 Å². The number of benzene rings is 1. The first kappa shape index (κ1) is 11.1. The molecule has 0 aliphatic rings. The summed E-state index contributed by atoms with van der Waals surface area (Å²) in [5, 5.41) is 0.545. The molecule has 0 bridgehead atoms. The van der Waals surface area contributed by atoms with Crippen molar-refractivity contribution in [1.29, 1.82) is 0 Å². The summed E-state index contributed by atoms with van der Waals surface area (Å²) >= 11 is 6.12. The Labute approximate surface area is 100 Å². The molecular weight excluding hydrogens is 220 g/mol. The maximum atomic E-state index is 6.12. The molecule has 0 saturated carbocycles. The number of hydrogen-bond donors (Lipinski definition) is 0. The number of rotatable bonds is 2. The van der Waals surface area contributed by atoms with E-state index >= 15 is 0 Å². The van der Waals surface area contributed by atoms with Crippen molar-refractivity contribution < 1.29 is 0 Å². The highest BCUT2D eigenvalue weighted by Crippen LogP contribution is 2.29. The molecule has 0 aliphatic heterocycles. The molecule has 0 saturated heterocycles. The van der Waals surface area contributed by atoms with Gasteiger partial charge in [-0.25, -0.2) is 9.97 Å². The smallest absolute Gasteiger partial charge is 0.136 e. The van der Waals surface area contributed by atoms with Crippen LogP contribution in [0.5, 0.6) is 0 Å². The minimum absolute atomic E-state index is 0.217. The van der Waals surface area contributed by atoms with Crippen LogP contribution in [0.3, 0.4) is 0 Å². The second kappa shape index (κ2) is 4.62. The van der Waals surface area contributed by atoms with Gasteiger partial charge < -0.3 is 0 Å². The van der Waals surface area contributed by atoms with E-state index in [1.165, 1.54) is 11.9 Å². The van der Waals surface area contributed by atoms with Crippen molar-refractivity contribution in [2.75, 3.05) is 0 Å². The Kier molecular flexibility index (Phi) is 3.20. The Morgan fingerprint density at radius 3 is 2.44 bits per heavy atom. The van der Waals surface area contributed by atoms with Crippen LogP contribution in [0, 0.1) is 6.92 Å². The number of nitrogens with zero attached hydrogens (tertiary/aromatic N) is 2. The van der Waals surface area contributed by atoms with E-state index in [0.29, 0.717) is 5.15 Å². The number of aryl methyl sites for hydroxylation is 1. The Morgan fingerprint density at radius 1 is 1.12 bits per heavy atom. The minimum Gasteiger partial charge on any atom is -0.241 e. The summed E-state index contributed by atoms with van der Waals surface area (Å²) in [7, 11) is 0. The van der Waals surface area contributed by atoms with Crippen LogP contribution < -0.4 is 0 Å². The quantitative estimate of drug-likeness (QED) is 0.740. The van der Waals surface area contributed by atoms with Gasteiger partial charge in [0.25, 0.3) is 0 Å². The van der Waals surface area contributed by atoms with E-state index in [2.05, 4.69) is 29.0 Å². The van der Waals surface area contributed by atoms with Gasteiger partial charge in [-0.2, -0.15) is 0 Å². The fourth-order valence-electron chi connectivity index (χ4n) is 1.85. The van der Waals surface area contributed by atoms with Gasteiger partial charge in [-0.15, -0.1) is 0 Å². The van der Waals surface area contributed by atoms with Gasteiger partial charge in [0.05, 0.1) is 0 Å². The zero-order valence-corrected chi connectivity index (χ0v) is 10.1. The van der Waals surface area contributed by atoms with Crippen LogP contribution in [0.15, 0.2) is 36.7 Å². The Bertz CT molecular complexity index is 462. The fraction of sp³-hybridized carbons (Fsp3) is 0.231. The standard InChI is InChI=1S/C13H13ClN2/c1-9(11-6-4-3-5-7-11)12-10(2)15-8-16-13(12)14/h3-9H,1-2H3. The number of aromatic nitrogens is 2. The van der Waals surface area contributed by atoms with E-state index in [-0.39, 0.29) is 5.92 Å². The molecule has 1 aromatic carbocycles. The SMILES string of the molecule is Cc1ncnc(Cl)c1C(C)c1ccccc1. The highest BCUT2D eigenvalue weighted by Gasteiger charge is 2.15. The second-order valence-electron chi connectivity index (χ2n) is 3.80. The maximum Gasteiger partial charge on any atom is 0.136 e. The average molecular weight is 233 g/mol. The van der Waals surface area contributed by atoms with Crippen LogP contribution in [-0.4, -0.2) is 9.97 Å². The van der Waals surface area contributed by atoms with Crippen molar-refractivity contribution in [1.82, 2.24) is 9.97 Å². The molecule has 2 aromatic rings. The third-order valence-corrected chi connectivity index (χ3v) is 3.07. The lowest BCUT2D eigenvalue weighted by atomic mass is 9.93. The molecule has 2 rings (SSSR count). The average Bonchev–Trinajstić information content (AvgIpc) is 2.30. The van der Waals surface area contributed by atoms with Gasteiger partial charge >= 0.3 is 0 Å². The summed E-state index contributed by atoms with van der Waals surface area (Å²) in [5.74, 6) is 0.217. The van der Waals surface area contributed by atoms with Crippen LogP contribution in [0.1, 0.15) is 29.7 Å². The highest BCUT2D eigenvalue weighted by atomic mass is 35.5. The number of halogens is 1. The molecule has 0 radical (unpaired) electrons. The third-order valence-electron chi connectivity index (χ3n) is 2.77. The minimum atomic E-state index is 0.217. The van der Waals surface area contributed by atoms with Gasteiger partial charge in [-0.3, -0.25) is 0 Å². The van der Waals surface area contributed by atoms with E-state index in [0.717, 1.165) is 11.3 Å². The normalized spacial score (nSPS) is 12.4. The molecule has 1 unspecified atom stereocenters. The molecule has 0 N–H and O–H groups in total. The first-order chi connectivity index (χ1) is 7.70. The summed E-state index contributed by atoms with van der Waals surface area (Å²) in [5.41, 5.74) is 3.18. The molecule has 1 atom stereocenters. The van der Waals surface area contributed by atoms with E-state index < -0.39 is 0 Å². The molecule has 0 fully saturated rings. The molecule has 0 spiro atoms. The van der Waals surface area contributed by atoms with Gasteiger partial charge in [-0.05, 0) is 12.5 Å². The topological polar surface area (TPSA) is 25.8 Å². The van der Waals surface area contributed by atoms with Crippen molar-refractivity contribution in [3.63, 3.8) is 0 Å². The van der Waals surface area contributed by atoms with Crippen molar-refractivity contribution in [2.24, 2.45) is 0 Å². The van der Waals surface area contributed by atoms with Crippen molar-refractivity contribution >= 4 is 11.6 Å². The summed E-state index contributed by atoms with van der Waals surface area (Å²) in [6, 6.07) is 10.2. The lowest BCUT2D eigenvalue weighted by molar-refractivity contribution is 0.873. The predicted octanol–water partition coefficient (Wildman–Crippen LogP) is 3.59. The van der Waals surface area contributed by atoms with Crippen LogP contribution >= 0.6 is 11.6 Å². The first-order valence-corrected chi connectivity index (χ1v) is 5.60. The molecule has 1 aromatic heterocycles. The molecular formula is C13H13ClN2. The molecule has 0 amide bonds. The summed E-state index contributed by atoms with van der Waals surface area (Å²) in [6.07, 6.45) is 1.50. The Hall–Kier alpha value is -1.41. The zero-order valence-electron chi connectivity index (χ0n) is 9.31. The van der Waals surface area contributed by atoms with Crippen LogP contribution in [0.4, 0.5) is 0 Å². The van der Waals surface area contributed by atoms with Gasteiger partial charge in [-0.1, -0.05) is 48.9 Å². The van der Waals surface area contributed by atoms with Gasteiger partial charge in [0, 0.05) is 17.2 Å². The van der Waals surface area contributed by atoms with E-state index in [4.69, 9.17) is 11.6 Å². The fourth-order valence-corrected chi connectivity index (χ4v) is 2.20. The third kappa shape index (κ3) is 2.07. The summed E-state index contributed by atoms with van der Waals surface area (Å²) in [6.45, 7) is 4.08. The van der Waals surface area contributed by atoms with E-state index in [9.17, 15) is 0 Å². The van der Waals surface area contributed by atoms with Crippen LogP contribution in [0.25, 0.3) is 0 Å². The van der Waals surface area contributed by atoms with Crippen LogP contribution in [0.2, 0.25) is 5.15 Å². The van der Waals surface area contributed by atoms with Crippen molar-refractivity contribution in [2.45, 2.75) is 19.8 Å². The summed E-state index contributed by atoms with van der Waals surface area (Å²) in [4.78, 5) is 8.23. The molecule has 1 heterocycles. The van der Waals surface area contributed by atoms with Gasteiger partial charge in [0.1, 0.15) is 11.5 Å². The molecule has 2 nitrogen and oxygen atoms in total. The first-order valence-electron chi connectivity index (χ1n) is 5.22. The molecule has 82 valence electrons. The number of hydrogen-bond acceptors (Lipinski definition) is 2. The van der Waals surface area contributed by atoms with Crippen molar-refractivity contribution in [3.05, 3.63) is 58.6 Å². The largest absolute Gasteiger partial charge is 0.241 e. The highest BCUT2D eigenvalue weighted by molar-refractivity contribution is 6.30. The summed E-state index contributed by atoms with van der Waals surface area (Å²) < 4.78 is 0. The zero-order chi connectivity index (χ0) is 11.5. The van der Waals surface area contributed by atoms with E-state index in [1.54, 1.807) is 0 Å². The molecule has 0 aliphatic carbocycles. The molecule has 3 heteroatoms. The lowest BCUT2D eigenvalue weighted by Crippen LogP contribution is -2.02. The van der Waals surface area contributed by atoms with E-state index in [1.807, 2.05) is 25.1 Å². The monoisotopic (exact) mass is 232 g/mol. The Balaban J connectivity index is 2.46.